The van der Waals surface area contributed by atoms with Crippen LogP contribution >= 0.6 is 0 Å². The molecule has 1 aliphatic heterocycles. The Morgan fingerprint density at radius 3 is 2.67 bits per heavy atom. The highest BCUT2D eigenvalue weighted by Crippen LogP contribution is 2.37. The molecule has 30 heavy (non-hydrogen) atoms. The summed E-state index contributed by atoms with van der Waals surface area (Å²) in [5, 5.41) is 23.5. The smallest absolute Gasteiger partial charge is 0.178 e. The summed E-state index contributed by atoms with van der Waals surface area (Å²) in [6.45, 7) is 8.17. The van der Waals surface area contributed by atoms with E-state index in [0.717, 1.165) is 22.9 Å². The summed E-state index contributed by atoms with van der Waals surface area (Å²) in [5.41, 5.74) is 0.539. The third kappa shape index (κ3) is 3.66. The van der Waals surface area contributed by atoms with Crippen molar-refractivity contribution in [1.29, 1.82) is 0 Å². The average Bonchev–Trinajstić information content (AvgIpc) is 3.28. The molecule has 1 aromatic carbocycles. The number of fused-ring (bicyclic) bond motifs is 3. The lowest BCUT2D eigenvalue weighted by Crippen LogP contribution is -2.40. The molecule has 0 saturated heterocycles. The quantitative estimate of drug-likeness (QED) is 0.638. The average molecular weight is 413 g/mol. The zero-order chi connectivity index (χ0) is 21.5. The minimum atomic E-state index is -1.07. The van der Waals surface area contributed by atoms with E-state index in [0.29, 0.717) is 30.5 Å². The zero-order valence-electron chi connectivity index (χ0n) is 17.7. The van der Waals surface area contributed by atoms with Crippen molar-refractivity contribution in [3.05, 3.63) is 30.2 Å². The largest absolute Gasteiger partial charge is 0.491 e. The van der Waals surface area contributed by atoms with Gasteiger partial charge in [-0.3, -0.25) is 0 Å². The number of aryl methyl sites for hydroxylation is 1. The van der Waals surface area contributed by atoms with Crippen LogP contribution < -0.4 is 9.47 Å². The van der Waals surface area contributed by atoms with E-state index < -0.39 is 5.60 Å². The lowest BCUT2D eigenvalue weighted by molar-refractivity contribution is -0.0195. The minimum Gasteiger partial charge on any atom is -0.491 e. The van der Waals surface area contributed by atoms with Gasteiger partial charge in [-0.2, -0.15) is 5.10 Å². The standard InChI is InChI=1S/C21H27N5O4/c1-13(2)26-20(22-14(3)24-26)17-10-25-7-8-29-18-9-15(30-21(4,11-27)12-28)5-6-16(18)19(25)23-17/h5-6,9-10,13,27-28H,7-8,11-12H2,1-4H3. The van der Waals surface area contributed by atoms with Gasteiger partial charge in [0.2, 0.25) is 0 Å². The number of aliphatic hydroxyl groups excluding tert-OH is 2. The van der Waals surface area contributed by atoms with E-state index in [2.05, 4.69) is 28.5 Å². The van der Waals surface area contributed by atoms with Gasteiger partial charge in [0, 0.05) is 18.3 Å². The second kappa shape index (κ2) is 7.73. The molecule has 9 heteroatoms. The van der Waals surface area contributed by atoms with E-state index in [1.807, 2.05) is 23.9 Å². The molecule has 9 nitrogen and oxygen atoms in total. The van der Waals surface area contributed by atoms with Gasteiger partial charge in [-0.05, 0) is 39.8 Å². The van der Waals surface area contributed by atoms with Gasteiger partial charge in [0.05, 0.1) is 25.3 Å². The topological polar surface area (TPSA) is 107 Å². The molecular weight excluding hydrogens is 386 g/mol. The van der Waals surface area contributed by atoms with Crippen LogP contribution in [0.15, 0.2) is 24.4 Å². The van der Waals surface area contributed by atoms with Crippen molar-refractivity contribution < 1.29 is 19.7 Å². The van der Waals surface area contributed by atoms with Crippen molar-refractivity contribution in [3.8, 4) is 34.4 Å². The van der Waals surface area contributed by atoms with Crippen molar-refractivity contribution in [2.75, 3.05) is 19.8 Å². The molecule has 0 atom stereocenters. The fourth-order valence-electron chi connectivity index (χ4n) is 3.40. The fourth-order valence-corrected chi connectivity index (χ4v) is 3.40. The normalized spacial score (nSPS) is 13.6. The van der Waals surface area contributed by atoms with Crippen LogP contribution in [0.2, 0.25) is 0 Å². The molecule has 160 valence electrons. The number of aliphatic hydroxyl groups is 2. The van der Waals surface area contributed by atoms with Crippen LogP contribution in [-0.2, 0) is 6.54 Å². The van der Waals surface area contributed by atoms with Crippen LogP contribution in [0.25, 0.3) is 22.9 Å². The highest BCUT2D eigenvalue weighted by atomic mass is 16.5. The van der Waals surface area contributed by atoms with E-state index in [-0.39, 0.29) is 19.3 Å². The molecule has 0 unspecified atom stereocenters. The number of imidazole rings is 1. The lowest BCUT2D eigenvalue weighted by Gasteiger charge is -2.26. The van der Waals surface area contributed by atoms with Gasteiger partial charge in [-0.1, -0.05) is 0 Å². The third-order valence-electron chi connectivity index (χ3n) is 5.05. The van der Waals surface area contributed by atoms with Crippen molar-refractivity contribution in [3.63, 3.8) is 0 Å². The number of nitrogens with zero attached hydrogens (tertiary/aromatic N) is 5. The molecule has 0 amide bonds. The van der Waals surface area contributed by atoms with Gasteiger partial charge in [0.1, 0.15) is 35.4 Å². The third-order valence-corrected chi connectivity index (χ3v) is 5.05. The van der Waals surface area contributed by atoms with Crippen LogP contribution in [0.3, 0.4) is 0 Å². The summed E-state index contributed by atoms with van der Waals surface area (Å²) in [7, 11) is 0. The first-order valence-electron chi connectivity index (χ1n) is 10.0. The Bertz CT molecular complexity index is 1050. The van der Waals surface area contributed by atoms with Gasteiger partial charge in [0.25, 0.3) is 0 Å². The van der Waals surface area contributed by atoms with E-state index in [1.54, 1.807) is 19.1 Å². The summed E-state index contributed by atoms with van der Waals surface area (Å²) >= 11 is 0. The van der Waals surface area contributed by atoms with Gasteiger partial charge >= 0.3 is 0 Å². The van der Waals surface area contributed by atoms with E-state index in [1.165, 1.54) is 0 Å². The van der Waals surface area contributed by atoms with E-state index >= 15 is 0 Å². The summed E-state index contributed by atoms with van der Waals surface area (Å²) in [6.07, 6.45) is 1.98. The van der Waals surface area contributed by atoms with Crippen molar-refractivity contribution in [2.45, 2.75) is 45.9 Å². The predicted octanol–water partition coefficient (Wildman–Crippen LogP) is 2.21. The Hall–Kier alpha value is -2.91. The van der Waals surface area contributed by atoms with Gasteiger partial charge < -0.3 is 24.3 Å². The second-order valence-electron chi connectivity index (χ2n) is 8.04. The molecule has 3 aromatic rings. The Kier molecular flexibility index (Phi) is 5.25. The Morgan fingerprint density at radius 2 is 1.97 bits per heavy atom. The van der Waals surface area contributed by atoms with Gasteiger partial charge in [0.15, 0.2) is 11.4 Å². The van der Waals surface area contributed by atoms with Crippen molar-refractivity contribution in [2.24, 2.45) is 0 Å². The SMILES string of the molecule is Cc1nc(-c2cn3c(n2)-c2ccc(OC(C)(CO)CO)cc2OCC3)n(C(C)C)n1. The molecule has 2 N–H and O–H groups in total. The van der Waals surface area contributed by atoms with Crippen LogP contribution in [0.4, 0.5) is 0 Å². The second-order valence-corrected chi connectivity index (χ2v) is 8.04. The number of ether oxygens (including phenoxy) is 2. The summed E-state index contributed by atoms with van der Waals surface area (Å²) in [6, 6.07) is 5.61. The maximum atomic E-state index is 9.49. The predicted molar refractivity (Wildman–Crippen MR) is 111 cm³/mol. The molecule has 2 aromatic heterocycles. The highest BCUT2D eigenvalue weighted by Gasteiger charge is 2.26. The summed E-state index contributed by atoms with van der Waals surface area (Å²) < 4.78 is 15.7. The number of benzene rings is 1. The molecule has 0 radical (unpaired) electrons. The molecule has 1 aliphatic rings. The first-order chi connectivity index (χ1) is 14.3. The Morgan fingerprint density at radius 1 is 1.20 bits per heavy atom. The van der Waals surface area contributed by atoms with Gasteiger partial charge in [-0.25, -0.2) is 14.6 Å². The Balaban J connectivity index is 1.73. The molecular formula is C21H27N5O4. The van der Waals surface area contributed by atoms with Crippen LogP contribution in [0, 0.1) is 6.92 Å². The maximum Gasteiger partial charge on any atom is 0.178 e. The fraction of sp³-hybridized carbons (Fsp3) is 0.476. The number of aromatic nitrogens is 5. The highest BCUT2D eigenvalue weighted by molar-refractivity contribution is 5.69. The van der Waals surface area contributed by atoms with Crippen LogP contribution in [-0.4, -0.2) is 60.0 Å². The van der Waals surface area contributed by atoms with E-state index in [9.17, 15) is 10.2 Å². The molecule has 3 heterocycles. The molecule has 0 fully saturated rings. The van der Waals surface area contributed by atoms with Crippen molar-refractivity contribution in [1.82, 2.24) is 24.3 Å². The number of rotatable bonds is 6. The monoisotopic (exact) mass is 413 g/mol. The molecule has 0 spiro atoms. The van der Waals surface area contributed by atoms with Gasteiger partial charge in [-0.15, -0.1) is 0 Å². The first-order valence-corrected chi connectivity index (χ1v) is 10.0. The lowest BCUT2D eigenvalue weighted by atomic mass is 10.1. The summed E-state index contributed by atoms with van der Waals surface area (Å²) in [5.74, 6) is 3.39. The Labute approximate surface area is 174 Å². The zero-order valence-corrected chi connectivity index (χ0v) is 17.7. The van der Waals surface area contributed by atoms with Crippen LogP contribution in [0.1, 0.15) is 32.6 Å². The molecule has 4 rings (SSSR count). The number of hydrogen-bond acceptors (Lipinski definition) is 7. The molecule has 0 aliphatic carbocycles. The first kappa shape index (κ1) is 20.4. The minimum absolute atomic E-state index is 0.172. The van der Waals surface area contributed by atoms with Crippen LogP contribution in [0.5, 0.6) is 11.5 Å². The van der Waals surface area contributed by atoms with Crippen molar-refractivity contribution >= 4 is 0 Å². The van der Waals surface area contributed by atoms with E-state index in [4.69, 9.17) is 14.5 Å². The molecule has 0 bridgehead atoms. The summed E-state index contributed by atoms with van der Waals surface area (Å²) in [4.78, 5) is 9.43. The number of hydrogen-bond donors (Lipinski definition) is 2. The maximum absolute atomic E-state index is 9.49. The molecule has 0 saturated carbocycles.